The SMILES string of the molecule is Cc1ccc(C(=O)C=Cc2ccccc2)cc1F. The van der Waals surface area contributed by atoms with Gasteiger partial charge in [-0.3, -0.25) is 4.79 Å². The van der Waals surface area contributed by atoms with Crippen LogP contribution in [0.2, 0.25) is 0 Å². The number of halogens is 1. The zero-order chi connectivity index (χ0) is 13.0. The van der Waals surface area contributed by atoms with Gasteiger partial charge in [-0.1, -0.05) is 48.5 Å². The van der Waals surface area contributed by atoms with Crippen LogP contribution in [0.15, 0.2) is 54.6 Å². The van der Waals surface area contributed by atoms with Crippen LogP contribution < -0.4 is 0 Å². The van der Waals surface area contributed by atoms with Crippen LogP contribution >= 0.6 is 0 Å². The number of hydrogen-bond acceptors (Lipinski definition) is 1. The summed E-state index contributed by atoms with van der Waals surface area (Å²) in [5.74, 6) is -0.549. The molecule has 0 saturated carbocycles. The van der Waals surface area contributed by atoms with Gasteiger partial charge >= 0.3 is 0 Å². The Morgan fingerprint density at radius 2 is 1.83 bits per heavy atom. The number of rotatable bonds is 3. The predicted molar refractivity (Wildman–Crippen MR) is 70.9 cm³/mol. The van der Waals surface area contributed by atoms with Crippen LogP contribution in [-0.4, -0.2) is 5.78 Å². The number of carbonyl (C=O) groups excluding carboxylic acids is 1. The first-order valence-electron chi connectivity index (χ1n) is 5.70. The lowest BCUT2D eigenvalue weighted by atomic mass is 10.1. The average molecular weight is 240 g/mol. The van der Waals surface area contributed by atoms with Gasteiger partial charge in [-0.15, -0.1) is 0 Å². The molecule has 0 spiro atoms. The summed E-state index contributed by atoms with van der Waals surface area (Å²) in [5, 5.41) is 0. The van der Waals surface area contributed by atoms with E-state index < -0.39 is 0 Å². The maximum absolute atomic E-state index is 13.3. The van der Waals surface area contributed by atoms with Gasteiger partial charge in [0.2, 0.25) is 0 Å². The van der Waals surface area contributed by atoms with Gasteiger partial charge in [-0.25, -0.2) is 4.39 Å². The van der Waals surface area contributed by atoms with E-state index in [0.29, 0.717) is 11.1 Å². The summed E-state index contributed by atoms with van der Waals surface area (Å²) in [6.45, 7) is 1.67. The Hall–Kier alpha value is -2.22. The Morgan fingerprint density at radius 3 is 2.50 bits per heavy atom. The molecule has 0 bridgehead atoms. The molecule has 0 aliphatic rings. The molecule has 0 aliphatic heterocycles. The first-order valence-corrected chi connectivity index (χ1v) is 5.70. The Labute approximate surface area is 106 Å². The maximum Gasteiger partial charge on any atom is 0.185 e. The van der Waals surface area contributed by atoms with Crippen molar-refractivity contribution in [2.45, 2.75) is 6.92 Å². The van der Waals surface area contributed by atoms with Gasteiger partial charge in [0.05, 0.1) is 0 Å². The molecule has 0 radical (unpaired) electrons. The normalized spacial score (nSPS) is 10.8. The smallest absolute Gasteiger partial charge is 0.185 e. The molecule has 2 heteroatoms. The average Bonchev–Trinajstić information content (AvgIpc) is 2.40. The van der Waals surface area contributed by atoms with Gasteiger partial charge in [-0.05, 0) is 30.2 Å². The third-order valence-corrected chi connectivity index (χ3v) is 2.68. The minimum absolute atomic E-state index is 0.197. The highest BCUT2D eigenvalue weighted by molar-refractivity contribution is 6.06. The zero-order valence-electron chi connectivity index (χ0n) is 10.1. The van der Waals surface area contributed by atoms with E-state index in [1.807, 2.05) is 30.3 Å². The van der Waals surface area contributed by atoms with Gasteiger partial charge in [0.1, 0.15) is 5.82 Å². The first kappa shape index (κ1) is 12.2. The molecular formula is C16H13FO. The van der Waals surface area contributed by atoms with E-state index in [1.165, 1.54) is 12.1 Å². The Kier molecular flexibility index (Phi) is 3.68. The van der Waals surface area contributed by atoms with Gasteiger partial charge < -0.3 is 0 Å². The summed E-state index contributed by atoms with van der Waals surface area (Å²) >= 11 is 0. The largest absolute Gasteiger partial charge is 0.289 e. The van der Waals surface area contributed by atoms with E-state index in [-0.39, 0.29) is 11.6 Å². The van der Waals surface area contributed by atoms with Gasteiger partial charge in [0, 0.05) is 5.56 Å². The molecule has 0 amide bonds. The molecule has 0 atom stereocenters. The fraction of sp³-hybridized carbons (Fsp3) is 0.0625. The van der Waals surface area contributed by atoms with Crippen LogP contribution in [0.4, 0.5) is 4.39 Å². The van der Waals surface area contributed by atoms with Crippen molar-refractivity contribution in [1.29, 1.82) is 0 Å². The summed E-state index contributed by atoms with van der Waals surface area (Å²) in [5.41, 5.74) is 1.85. The van der Waals surface area contributed by atoms with E-state index in [4.69, 9.17) is 0 Å². The summed E-state index contributed by atoms with van der Waals surface area (Å²) in [4.78, 5) is 11.8. The Morgan fingerprint density at radius 1 is 1.11 bits per heavy atom. The fourth-order valence-electron chi connectivity index (χ4n) is 1.58. The molecule has 0 heterocycles. The number of hydrogen-bond donors (Lipinski definition) is 0. The fourth-order valence-corrected chi connectivity index (χ4v) is 1.58. The number of ketones is 1. The minimum atomic E-state index is -0.353. The molecule has 2 rings (SSSR count). The highest BCUT2D eigenvalue weighted by Gasteiger charge is 2.04. The zero-order valence-corrected chi connectivity index (χ0v) is 10.1. The second-order valence-electron chi connectivity index (χ2n) is 4.07. The lowest BCUT2D eigenvalue weighted by Gasteiger charge is -1.99. The third-order valence-electron chi connectivity index (χ3n) is 2.68. The summed E-state index contributed by atoms with van der Waals surface area (Å²) < 4.78 is 13.3. The molecule has 2 aromatic rings. The predicted octanol–water partition coefficient (Wildman–Crippen LogP) is 4.03. The number of carbonyl (C=O) groups is 1. The lowest BCUT2D eigenvalue weighted by Crippen LogP contribution is -1.96. The second-order valence-corrected chi connectivity index (χ2v) is 4.07. The summed E-state index contributed by atoms with van der Waals surface area (Å²) in [7, 11) is 0. The standard InChI is InChI=1S/C16H13FO/c1-12-7-9-14(11-15(12)17)16(18)10-8-13-5-3-2-4-6-13/h2-11H,1H3. The third kappa shape index (κ3) is 2.92. The highest BCUT2D eigenvalue weighted by atomic mass is 19.1. The summed E-state index contributed by atoms with van der Waals surface area (Å²) in [6.07, 6.45) is 3.18. The highest BCUT2D eigenvalue weighted by Crippen LogP contribution is 2.11. The van der Waals surface area contributed by atoms with Crippen molar-refractivity contribution in [3.8, 4) is 0 Å². The van der Waals surface area contributed by atoms with Crippen LogP contribution in [0.5, 0.6) is 0 Å². The van der Waals surface area contributed by atoms with E-state index in [1.54, 1.807) is 25.1 Å². The van der Waals surface area contributed by atoms with Gasteiger partial charge in [-0.2, -0.15) is 0 Å². The number of allylic oxidation sites excluding steroid dienone is 1. The molecule has 90 valence electrons. The lowest BCUT2D eigenvalue weighted by molar-refractivity contribution is 0.104. The topological polar surface area (TPSA) is 17.1 Å². The van der Waals surface area contributed by atoms with Crippen molar-refractivity contribution in [3.63, 3.8) is 0 Å². The molecule has 18 heavy (non-hydrogen) atoms. The van der Waals surface area contributed by atoms with Crippen LogP contribution in [0.1, 0.15) is 21.5 Å². The van der Waals surface area contributed by atoms with Crippen molar-refractivity contribution < 1.29 is 9.18 Å². The minimum Gasteiger partial charge on any atom is -0.289 e. The van der Waals surface area contributed by atoms with Crippen molar-refractivity contribution in [1.82, 2.24) is 0 Å². The molecule has 0 aromatic heterocycles. The van der Waals surface area contributed by atoms with Crippen LogP contribution in [-0.2, 0) is 0 Å². The van der Waals surface area contributed by atoms with E-state index in [9.17, 15) is 9.18 Å². The summed E-state index contributed by atoms with van der Waals surface area (Å²) in [6, 6.07) is 14.0. The van der Waals surface area contributed by atoms with Crippen molar-refractivity contribution >= 4 is 11.9 Å². The van der Waals surface area contributed by atoms with E-state index in [0.717, 1.165) is 5.56 Å². The second kappa shape index (κ2) is 5.41. The van der Waals surface area contributed by atoms with Crippen LogP contribution in [0.3, 0.4) is 0 Å². The van der Waals surface area contributed by atoms with Gasteiger partial charge in [0.15, 0.2) is 5.78 Å². The van der Waals surface area contributed by atoms with E-state index >= 15 is 0 Å². The van der Waals surface area contributed by atoms with Crippen molar-refractivity contribution in [2.24, 2.45) is 0 Å². The number of aryl methyl sites for hydroxylation is 1. The monoisotopic (exact) mass is 240 g/mol. The molecular weight excluding hydrogens is 227 g/mol. The molecule has 1 nitrogen and oxygen atoms in total. The molecule has 2 aromatic carbocycles. The van der Waals surface area contributed by atoms with E-state index in [2.05, 4.69) is 0 Å². The molecule has 0 N–H and O–H groups in total. The van der Waals surface area contributed by atoms with Crippen LogP contribution in [0.25, 0.3) is 6.08 Å². The van der Waals surface area contributed by atoms with Crippen molar-refractivity contribution in [2.75, 3.05) is 0 Å². The first-order chi connectivity index (χ1) is 8.66. The quantitative estimate of drug-likeness (QED) is 0.584. The molecule has 0 unspecified atom stereocenters. The molecule has 0 saturated heterocycles. The van der Waals surface area contributed by atoms with Crippen molar-refractivity contribution in [3.05, 3.63) is 77.1 Å². The van der Waals surface area contributed by atoms with Gasteiger partial charge in [0.25, 0.3) is 0 Å². The molecule has 0 fully saturated rings. The number of benzene rings is 2. The molecule has 0 aliphatic carbocycles. The van der Waals surface area contributed by atoms with Crippen LogP contribution in [0, 0.1) is 12.7 Å². The Balaban J connectivity index is 2.17. The maximum atomic E-state index is 13.3. The Bertz CT molecular complexity index is 585.